The summed E-state index contributed by atoms with van der Waals surface area (Å²) in [5.41, 5.74) is 6.58. The van der Waals surface area contributed by atoms with Gasteiger partial charge in [-0.05, 0) is 24.1 Å². The third-order valence-electron chi connectivity index (χ3n) is 3.82. The van der Waals surface area contributed by atoms with E-state index in [0.717, 1.165) is 11.3 Å². The van der Waals surface area contributed by atoms with Crippen LogP contribution in [0.2, 0.25) is 0 Å². The fourth-order valence-electron chi connectivity index (χ4n) is 2.51. The zero-order valence-corrected chi connectivity index (χ0v) is 12.9. The summed E-state index contributed by atoms with van der Waals surface area (Å²) in [5.74, 6) is 0.994. The lowest BCUT2D eigenvalue weighted by Crippen LogP contribution is -2.29. The first-order chi connectivity index (χ1) is 11.0. The first-order valence-electron chi connectivity index (χ1n) is 7.09. The molecule has 0 bridgehead atoms. The van der Waals surface area contributed by atoms with Crippen molar-refractivity contribution in [2.24, 2.45) is 7.05 Å². The van der Waals surface area contributed by atoms with Gasteiger partial charge in [0.1, 0.15) is 5.75 Å². The number of nitrogens with two attached hydrogens (primary N) is 1. The van der Waals surface area contributed by atoms with Crippen LogP contribution in [0.4, 0.5) is 5.95 Å². The highest BCUT2D eigenvalue weighted by Crippen LogP contribution is 2.15. The smallest absolute Gasteiger partial charge is 0.329 e. The predicted molar refractivity (Wildman–Crippen MR) is 86.7 cm³/mol. The van der Waals surface area contributed by atoms with Crippen LogP contribution in [0.25, 0.3) is 11.2 Å². The molecule has 0 unspecified atom stereocenters. The van der Waals surface area contributed by atoms with Gasteiger partial charge in [-0.1, -0.05) is 12.1 Å². The number of methoxy groups -OCH3 is 1. The Morgan fingerprint density at radius 3 is 2.61 bits per heavy atom. The van der Waals surface area contributed by atoms with Gasteiger partial charge in [0.05, 0.1) is 7.11 Å². The lowest BCUT2D eigenvalue weighted by molar-refractivity contribution is 0.414. The van der Waals surface area contributed by atoms with Crippen LogP contribution in [0.3, 0.4) is 0 Å². The summed E-state index contributed by atoms with van der Waals surface area (Å²) in [6.45, 7) is 0.482. The molecule has 120 valence electrons. The Bertz CT molecular complexity index is 966. The third-order valence-corrected chi connectivity index (χ3v) is 3.82. The number of anilines is 1. The lowest BCUT2D eigenvalue weighted by Gasteiger charge is -2.07. The van der Waals surface area contributed by atoms with Crippen molar-refractivity contribution >= 4 is 17.1 Å². The van der Waals surface area contributed by atoms with Gasteiger partial charge in [-0.25, -0.2) is 4.79 Å². The summed E-state index contributed by atoms with van der Waals surface area (Å²) in [5, 5.41) is 0. The molecular weight excluding hydrogens is 298 g/mol. The molecule has 8 heteroatoms. The van der Waals surface area contributed by atoms with E-state index in [1.165, 1.54) is 4.57 Å². The fraction of sp³-hybridized carbons (Fsp3) is 0.267. The van der Waals surface area contributed by atoms with Crippen LogP contribution in [0.5, 0.6) is 5.75 Å². The van der Waals surface area contributed by atoms with Gasteiger partial charge in [-0.15, -0.1) is 0 Å². The Balaban J connectivity index is 1.96. The number of rotatable bonds is 4. The van der Waals surface area contributed by atoms with E-state index in [1.54, 1.807) is 18.7 Å². The molecule has 0 saturated carbocycles. The van der Waals surface area contributed by atoms with Gasteiger partial charge in [0, 0.05) is 13.6 Å². The van der Waals surface area contributed by atoms with Crippen LogP contribution in [0, 0.1) is 0 Å². The zero-order valence-electron chi connectivity index (χ0n) is 12.9. The average molecular weight is 315 g/mol. The van der Waals surface area contributed by atoms with Crippen molar-refractivity contribution in [3.8, 4) is 5.75 Å². The second kappa shape index (κ2) is 5.64. The Morgan fingerprint density at radius 1 is 1.26 bits per heavy atom. The molecule has 3 rings (SSSR count). The van der Waals surface area contributed by atoms with Gasteiger partial charge in [0.15, 0.2) is 11.2 Å². The number of hydrogen-bond donors (Lipinski definition) is 2. The van der Waals surface area contributed by atoms with Gasteiger partial charge in [0.25, 0.3) is 5.56 Å². The summed E-state index contributed by atoms with van der Waals surface area (Å²) in [6, 6.07) is 7.66. The SMILES string of the molecule is COc1ccc(CCn2c(N)nc3c2c(=O)[nH]c(=O)n3C)cc1. The van der Waals surface area contributed by atoms with Crippen LogP contribution in [0.1, 0.15) is 5.56 Å². The van der Waals surface area contributed by atoms with Crippen molar-refractivity contribution in [1.82, 2.24) is 19.1 Å². The van der Waals surface area contributed by atoms with Gasteiger partial charge in [0.2, 0.25) is 5.95 Å². The molecule has 23 heavy (non-hydrogen) atoms. The number of H-pyrrole nitrogens is 1. The molecule has 0 amide bonds. The van der Waals surface area contributed by atoms with Crippen LogP contribution >= 0.6 is 0 Å². The van der Waals surface area contributed by atoms with Crippen molar-refractivity contribution in [3.63, 3.8) is 0 Å². The van der Waals surface area contributed by atoms with E-state index in [4.69, 9.17) is 10.5 Å². The predicted octanol–water partition coefficient (Wildman–Crippen LogP) is 0.257. The van der Waals surface area contributed by atoms with E-state index in [2.05, 4.69) is 9.97 Å². The number of hydrogen-bond acceptors (Lipinski definition) is 5. The second-order valence-electron chi connectivity index (χ2n) is 5.21. The first kappa shape index (κ1) is 14.9. The van der Waals surface area contributed by atoms with E-state index in [0.29, 0.717) is 18.5 Å². The normalized spacial score (nSPS) is 11.0. The third kappa shape index (κ3) is 2.59. The molecule has 8 nitrogen and oxygen atoms in total. The van der Waals surface area contributed by atoms with Gasteiger partial charge in [-0.2, -0.15) is 4.98 Å². The van der Waals surface area contributed by atoms with E-state index in [9.17, 15) is 9.59 Å². The molecule has 2 aromatic heterocycles. The number of fused-ring (bicyclic) bond motifs is 1. The Morgan fingerprint density at radius 2 is 1.96 bits per heavy atom. The molecule has 1 aromatic carbocycles. The second-order valence-corrected chi connectivity index (χ2v) is 5.21. The average Bonchev–Trinajstić information content (AvgIpc) is 2.88. The number of aryl methyl sites for hydroxylation is 3. The summed E-state index contributed by atoms with van der Waals surface area (Å²) in [6.07, 6.45) is 0.669. The van der Waals surface area contributed by atoms with E-state index in [-0.39, 0.29) is 11.6 Å². The number of ether oxygens (including phenoxy) is 1. The number of nitrogens with one attached hydrogen (secondary N) is 1. The monoisotopic (exact) mass is 315 g/mol. The maximum Gasteiger partial charge on any atom is 0.329 e. The van der Waals surface area contributed by atoms with Crippen LogP contribution in [-0.2, 0) is 20.0 Å². The fourth-order valence-corrected chi connectivity index (χ4v) is 2.51. The van der Waals surface area contributed by atoms with Gasteiger partial charge in [-0.3, -0.25) is 14.3 Å². The summed E-state index contributed by atoms with van der Waals surface area (Å²) in [7, 11) is 3.16. The minimum absolute atomic E-state index is 0.209. The maximum atomic E-state index is 12.1. The van der Waals surface area contributed by atoms with Crippen LogP contribution < -0.4 is 21.7 Å². The van der Waals surface area contributed by atoms with Gasteiger partial charge < -0.3 is 15.0 Å². The molecule has 2 heterocycles. The first-order valence-corrected chi connectivity index (χ1v) is 7.09. The van der Waals surface area contributed by atoms with Crippen molar-refractivity contribution < 1.29 is 4.74 Å². The summed E-state index contributed by atoms with van der Waals surface area (Å²) in [4.78, 5) is 30.1. The van der Waals surface area contributed by atoms with E-state index >= 15 is 0 Å². The molecule has 0 atom stereocenters. The molecule has 0 radical (unpaired) electrons. The highest BCUT2D eigenvalue weighted by Gasteiger charge is 2.15. The minimum atomic E-state index is -0.512. The standard InChI is InChI=1S/C15H17N5O3/c1-19-12-11(13(21)18-15(19)22)20(14(16)17-12)8-7-9-3-5-10(23-2)6-4-9/h3-6H,7-8H2,1-2H3,(H2,16,17)(H,18,21,22). The van der Waals surface area contributed by atoms with Gasteiger partial charge >= 0.3 is 5.69 Å². The number of nitrogens with zero attached hydrogens (tertiary/aromatic N) is 3. The topological polar surface area (TPSA) is 108 Å². The largest absolute Gasteiger partial charge is 0.497 e. The molecule has 3 N–H and O–H groups in total. The Hall–Kier alpha value is -3.03. The molecule has 0 aliphatic heterocycles. The minimum Gasteiger partial charge on any atom is -0.497 e. The maximum absolute atomic E-state index is 12.1. The van der Waals surface area contributed by atoms with Crippen LogP contribution in [0.15, 0.2) is 33.9 Å². The molecule has 0 saturated heterocycles. The van der Waals surface area contributed by atoms with Crippen molar-refractivity contribution in [2.45, 2.75) is 13.0 Å². The Labute approximate surface area is 131 Å². The van der Waals surface area contributed by atoms with E-state index in [1.807, 2.05) is 24.3 Å². The molecule has 0 spiro atoms. The Kier molecular flexibility index (Phi) is 3.65. The molecular formula is C15H17N5O3. The van der Waals surface area contributed by atoms with Crippen molar-refractivity contribution in [1.29, 1.82) is 0 Å². The zero-order chi connectivity index (χ0) is 16.6. The van der Waals surface area contributed by atoms with E-state index < -0.39 is 11.2 Å². The summed E-state index contributed by atoms with van der Waals surface area (Å²) < 4.78 is 8.02. The highest BCUT2D eigenvalue weighted by molar-refractivity contribution is 5.73. The number of imidazole rings is 1. The number of benzene rings is 1. The highest BCUT2D eigenvalue weighted by atomic mass is 16.5. The molecule has 0 fully saturated rings. The molecule has 0 aliphatic rings. The molecule has 3 aromatic rings. The number of aromatic amines is 1. The quantitative estimate of drug-likeness (QED) is 0.718. The van der Waals surface area contributed by atoms with Crippen molar-refractivity contribution in [2.75, 3.05) is 12.8 Å². The summed E-state index contributed by atoms with van der Waals surface area (Å²) >= 11 is 0. The number of aromatic nitrogens is 4. The van der Waals surface area contributed by atoms with Crippen molar-refractivity contribution in [3.05, 3.63) is 50.7 Å². The number of nitrogen functional groups attached to an aromatic ring is 1. The lowest BCUT2D eigenvalue weighted by atomic mass is 10.1. The molecule has 0 aliphatic carbocycles. The van der Waals surface area contributed by atoms with Crippen LogP contribution in [-0.4, -0.2) is 26.2 Å².